The summed E-state index contributed by atoms with van der Waals surface area (Å²) in [6, 6.07) is 10.7. The van der Waals surface area contributed by atoms with Gasteiger partial charge >= 0.3 is 0 Å². The highest BCUT2D eigenvalue weighted by molar-refractivity contribution is 6.47. The molecule has 158 valence electrons. The number of ketones is 1. The van der Waals surface area contributed by atoms with Crippen LogP contribution in [-0.4, -0.2) is 43.5 Å². The molecule has 0 atom stereocenters. The fourth-order valence-corrected chi connectivity index (χ4v) is 3.79. The smallest absolute Gasteiger partial charge is 0.207 e. The Hall–Kier alpha value is -3.16. The molecule has 1 heterocycles. The maximum atomic E-state index is 13.5. The number of benzene rings is 2. The third-order valence-corrected chi connectivity index (χ3v) is 5.42. The van der Waals surface area contributed by atoms with Gasteiger partial charge in [0, 0.05) is 35.1 Å². The van der Waals surface area contributed by atoms with Gasteiger partial charge in [0.2, 0.25) is 5.78 Å². The van der Waals surface area contributed by atoms with Crippen molar-refractivity contribution in [2.75, 3.05) is 26.5 Å². The summed E-state index contributed by atoms with van der Waals surface area (Å²) >= 11 is 0. The molecule has 0 bridgehead atoms. The number of fused-ring (bicyclic) bond motifs is 1. The number of rotatable bonds is 8. The molecule has 7 heteroatoms. The first-order valence-corrected chi connectivity index (χ1v) is 10.1. The van der Waals surface area contributed by atoms with Crippen LogP contribution >= 0.6 is 0 Å². The van der Waals surface area contributed by atoms with Crippen molar-refractivity contribution in [3.05, 3.63) is 53.6 Å². The van der Waals surface area contributed by atoms with E-state index in [-0.39, 0.29) is 17.2 Å². The van der Waals surface area contributed by atoms with Gasteiger partial charge in [0.05, 0.1) is 5.71 Å². The minimum Gasteiger partial charge on any atom is -0.507 e. The van der Waals surface area contributed by atoms with E-state index in [1.807, 2.05) is 45.3 Å². The molecule has 0 saturated carbocycles. The van der Waals surface area contributed by atoms with Crippen LogP contribution in [0.15, 0.2) is 42.5 Å². The molecule has 0 amide bonds. The highest BCUT2D eigenvalue weighted by atomic mass is 16.3. The summed E-state index contributed by atoms with van der Waals surface area (Å²) in [6.45, 7) is 1.95. The topological polar surface area (TPSA) is 109 Å². The maximum Gasteiger partial charge on any atom is 0.207 e. The number of likely N-dealkylation sites (N-methyl/N-ethyl adjacent to an activating group) is 2. The molecule has 7 nitrogen and oxygen atoms in total. The first-order valence-electron chi connectivity index (χ1n) is 10.1. The molecule has 3 rings (SSSR count). The second kappa shape index (κ2) is 8.69. The number of phenols is 1. The number of hydrogen-bond acceptors (Lipinski definition) is 7. The number of carbonyl (C=O) groups excluding carboxylic acids is 1. The fraction of sp³-hybridized carbons (Fsp3) is 0.304. The van der Waals surface area contributed by atoms with Crippen LogP contribution in [0, 0.1) is 5.41 Å². The average molecular weight is 408 g/mol. The Morgan fingerprint density at radius 2 is 1.80 bits per heavy atom. The van der Waals surface area contributed by atoms with Crippen LogP contribution in [0.1, 0.15) is 35.7 Å². The fourth-order valence-electron chi connectivity index (χ4n) is 3.79. The van der Waals surface area contributed by atoms with Gasteiger partial charge in [0.15, 0.2) is 5.79 Å². The highest BCUT2D eigenvalue weighted by Gasteiger charge is 2.34. The average Bonchev–Trinajstić information content (AvgIpc) is 2.77. The molecule has 2 aromatic rings. The van der Waals surface area contributed by atoms with E-state index in [4.69, 9.17) is 5.41 Å². The van der Waals surface area contributed by atoms with Crippen molar-refractivity contribution in [3.8, 4) is 16.9 Å². The summed E-state index contributed by atoms with van der Waals surface area (Å²) in [6.07, 6.45) is 3.04. The molecule has 2 aromatic carbocycles. The van der Waals surface area contributed by atoms with Gasteiger partial charge in [-0.2, -0.15) is 0 Å². The molecule has 0 aliphatic carbocycles. The molecule has 0 radical (unpaired) electrons. The Morgan fingerprint density at radius 3 is 2.40 bits per heavy atom. The molecule has 0 saturated heterocycles. The number of carbonyl (C=O) groups is 1. The van der Waals surface area contributed by atoms with Gasteiger partial charge in [-0.3, -0.25) is 15.4 Å². The van der Waals surface area contributed by atoms with Crippen molar-refractivity contribution in [1.82, 2.24) is 16.0 Å². The van der Waals surface area contributed by atoms with E-state index in [1.165, 1.54) is 0 Å². The van der Waals surface area contributed by atoms with Crippen LogP contribution in [-0.2, 0) is 0 Å². The van der Waals surface area contributed by atoms with Crippen molar-refractivity contribution in [1.29, 1.82) is 5.41 Å². The van der Waals surface area contributed by atoms with Gasteiger partial charge in [-0.05, 0) is 44.3 Å². The van der Waals surface area contributed by atoms with E-state index < -0.39 is 5.79 Å². The van der Waals surface area contributed by atoms with Gasteiger partial charge in [-0.1, -0.05) is 37.6 Å². The van der Waals surface area contributed by atoms with E-state index in [9.17, 15) is 9.90 Å². The Kier molecular flexibility index (Phi) is 6.24. The molecule has 0 spiro atoms. The zero-order valence-corrected chi connectivity index (χ0v) is 17.8. The molecule has 0 fully saturated rings. The van der Waals surface area contributed by atoms with E-state index >= 15 is 0 Å². The van der Waals surface area contributed by atoms with Crippen molar-refractivity contribution >= 4 is 22.9 Å². The van der Waals surface area contributed by atoms with Gasteiger partial charge in [-0.15, -0.1) is 0 Å². The third kappa shape index (κ3) is 3.69. The van der Waals surface area contributed by atoms with Crippen LogP contribution in [0.4, 0.5) is 5.69 Å². The Bertz CT molecular complexity index is 1010. The molecule has 1 aliphatic heterocycles. The van der Waals surface area contributed by atoms with Gasteiger partial charge < -0.3 is 21.1 Å². The van der Waals surface area contributed by atoms with Crippen LogP contribution in [0.2, 0.25) is 0 Å². The van der Waals surface area contributed by atoms with Crippen molar-refractivity contribution < 1.29 is 9.90 Å². The number of nitrogens with one attached hydrogen (secondary N) is 5. The molecular weight excluding hydrogens is 378 g/mol. The first-order chi connectivity index (χ1) is 14.4. The standard InChI is InChI=1S/C23H29N5O2/c1-5-8-16(24)22(30)20-15(14-9-6-7-10-19(14)29)11-12-17-21(20)18(25-2)13-23(26-3,27-4)28-17/h6-7,9-13,24-29H,5,8H2,1-4H3. The summed E-state index contributed by atoms with van der Waals surface area (Å²) in [5.41, 5.74) is 3.79. The second-order valence-electron chi connectivity index (χ2n) is 7.23. The monoisotopic (exact) mass is 407 g/mol. The lowest BCUT2D eigenvalue weighted by atomic mass is 9.85. The van der Waals surface area contributed by atoms with Gasteiger partial charge in [0.1, 0.15) is 5.75 Å². The van der Waals surface area contributed by atoms with E-state index in [1.54, 1.807) is 25.2 Å². The Morgan fingerprint density at radius 1 is 1.10 bits per heavy atom. The lowest BCUT2D eigenvalue weighted by Crippen LogP contribution is -2.60. The molecule has 1 aliphatic rings. The Labute approximate surface area is 177 Å². The van der Waals surface area contributed by atoms with Crippen LogP contribution < -0.4 is 21.3 Å². The van der Waals surface area contributed by atoms with Gasteiger partial charge in [-0.25, -0.2) is 0 Å². The van der Waals surface area contributed by atoms with Crippen LogP contribution in [0.25, 0.3) is 16.8 Å². The predicted octanol–water partition coefficient (Wildman–Crippen LogP) is 3.14. The molecular formula is C23H29N5O2. The van der Waals surface area contributed by atoms with E-state index in [2.05, 4.69) is 21.3 Å². The first kappa shape index (κ1) is 21.5. The highest BCUT2D eigenvalue weighted by Crippen LogP contribution is 2.41. The van der Waals surface area contributed by atoms with Crippen LogP contribution in [0.3, 0.4) is 0 Å². The minimum absolute atomic E-state index is 0.0529. The van der Waals surface area contributed by atoms with E-state index in [0.717, 1.165) is 11.4 Å². The number of Topliss-reactive ketones (excluding diaryl/α,β-unsaturated/α-hetero) is 1. The largest absolute Gasteiger partial charge is 0.507 e. The van der Waals surface area contributed by atoms with Crippen LogP contribution in [0.5, 0.6) is 5.75 Å². The summed E-state index contributed by atoms with van der Waals surface area (Å²) in [5.74, 6) is -0.942. The van der Waals surface area contributed by atoms with Crippen molar-refractivity contribution in [3.63, 3.8) is 0 Å². The predicted molar refractivity (Wildman–Crippen MR) is 122 cm³/mol. The van der Waals surface area contributed by atoms with Gasteiger partial charge in [0.25, 0.3) is 0 Å². The molecule has 6 N–H and O–H groups in total. The number of phenolic OH excluding ortho intramolecular Hbond substituents is 1. The SMILES string of the molecule is CCCC(=N)C(=O)c1c(-c2ccccc2O)ccc2c1C(NC)=CC(NC)(NC)N2. The molecule has 30 heavy (non-hydrogen) atoms. The summed E-state index contributed by atoms with van der Waals surface area (Å²) in [7, 11) is 5.46. The third-order valence-electron chi connectivity index (χ3n) is 5.42. The lowest BCUT2D eigenvalue weighted by Gasteiger charge is -2.38. The number of hydrogen-bond donors (Lipinski definition) is 6. The number of para-hydroxylation sites is 1. The Balaban J connectivity index is 2.33. The summed E-state index contributed by atoms with van der Waals surface area (Å²) < 4.78 is 0. The summed E-state index contributed by atoms with van der Waals surface area (Å²) in [5, 5.41) is 31.8. The van der Waals surface area contributed by atoms with Crippen molar-refractivity contribution in [2.24, 2.45) is 0 Å². The van der Waals surface area contributed by atoms with Crippen molar-refractivity contribution in [2.45, 2.75) is 25.6 Å². The maximum absolute atomic E-state index is 13.5. The molecule has 0 aromatic heterocycles. The number of anilines is 1. The zero-order chi connectivity index (χ0) is 21.9. The second-order valence-corrected chi connectivity index (χ2v) is 7.23. The minimum atomic E-state index is -0.695. The quantitative estimate of drug-likeness (QED) is 0.228. The zero-order valence-electron chi connectivity index (χ0n) is 17.8. The number of aromatic hydroxyl groups is 1. The lowest BCUT2D eigenvalue weighted by molar-refractivity contribution is 0.106. The molecule has 0 unspecified atom stereocenters. The summed E-state index contributed by atoms with van der Waals surface area (Å²) in [4.78, 5) is 13.5. The van der Waals surface area contributed by atoms with E-state index in [0.29, 0.717) is 35.1 Å². The normalized spacial score (nSPS) is 14.3.